The van der Waals surface area contributed by atoms with Gasteiger partial charge < -0.3 is 10.2 Å². The summed E-state index contributed by atoms with van der Waals surface area (Å²) in [7, 11) is 0. The molecule has 0 bridgehead atoms. The molecule has 0 rings (SSSR count). The van der Waals surface area contributed by atoms with Crippen LogP contribution in [0.2, 0.25) is 0 Å². The Morgan fingerprint density at radius 1 is 1.25 bits per heavy atom. The number of rotatable bonds is 1. The summed E-state index contributed by atoms with van der Waals surface area (Å²) in [4.78, 5) is 9.71. The molecule has 0 radical (unpaired) electrons. The van der Waals surface area contributed by atoms with Gasteiger partial charge in [-0.25, -0.2) is 4.79 Å². The third kappa shape index (κ3) is 2.04. The van der Waals surface area contributed by atoms with E-state index in [1.807, 2.05) is 0 Å². The molecule has 8 heavy (non-hydrogen) atoms. The maximum atomic E-state index is 9.71. The highest BCUT2D eigenvalue weighted by molar-refractivity contribution is 6.46. The zero-order valence-corrected chi connectivity index (χ0v) is 5.07. The minimum Gasteiger partial charge on any atom is -0.497 e. The smallest absolute Gasteiger partial charge is 0.352 e. The van der Waals surface area contributed by atoms with Crippen LogP contribution in [0.1, 0.15) is 0 Å². The summed E-state index contributed by atoms with van der Waals surface area (Å²) in [6, 6.07) is 0. The molecule has 0 aliphatic rings. The first-order valence-electron chi connectivity index (χ1n) is 1.53. The van der Waals surface area contributed by atoms with E-state index >= 15 is 0 Å². The number of hydrogen-bond donors (Lipinski definition) is 2. The summed E-state index contributed by atoms with van der Waals surface area (Å²) >= 11 is 9.59. The molecule has 0 aromatic rings. The number of aliphatic hydroxyl groups excluding tert-OH is 1. The number of hydrogen-bond acceptors (Lipinski definition) is 2. The molecule has 0 fully saturated rings. The molecule has 0 heterocycles. The Morgan fingerprint density at radius 2 is 1.62 bits per heavy atom. The van der Waals surface area contributed by atoms with E-state index in [1.54, 1.807) is 0 Å². The van der Waals surface area contributed by atoms with E-state index in [0.717, 1.165) is 0 Å². The van der Waals surface area contributed by atoms with Gasteiger partial charge in [-0.2, -0.15) is 0 Å². The van der Waals surface area contributed by atoms with Crippen LogP contribution >= 0.6 is 23.2 Å². The number of halogens is 2. The van der Waals surface area contributed by atoms with Crippen LogP contribution in [-0.4, -0.2) is 16.2 Å². The Kier molecular flexibility index (Phi) is 2.65. The van der Waals surface area contributed by atoms with Gasteiger partial charge in [0.15, 0.2) is 5.03 Å². The van der Waals surface area contributed by atoms with Crippen LogP contribution < -0.4 is 0 Å². The third-order valence-corrected chi connectivity index (χ3v) is 0.995. The highest BCUT2D eigenvalue weighted by Gasteiger charge is 2.07. The van der Waals surface area contributed by atoms with Crippen molar-refractivity contribution in [1.82, 2.24) is 0 Å². The van der Waals surface area contributed by atoms with Gasteiger partial charge in [-0.15, -0.1) is 0 Å². The Morgan fingerprint density at radius 3 is 1.62 bits per heavy atom. The van der Waals surface area contributed by atoms with E-state index in [0.29, 0.717) is 0 Å². The van der Waals surface area contributed by atoms with Crippen molar-refractivity contribution in [3.63, 3.8) is 0 Å². The molecule has 5 heteroatoms. The molecule has 0 aliphatic carbocycles. The van der Waals surface area contributed by atoms with Crippen LogP contribution in [0.15, 0.2) is 10.3 Å². The monoisotopic (exact) mass is 156 g/mol. The van der Waals surface area contributed by atoms with Gasteiger partial charge in [0.25, 0.3) is 0 Å². The first-order valence-corrected chi connectivity index (χ1v) is 2.29. The summed E-state index contributed by atoms with van der Waals surface area (Å²) in [5, 5.41) is 14.4. The van der Waals surface area contributed by atoms with Crippen molar-refractivity contribution in [3.05, 3.63) is 10.3 Å². The molecule has 0 saturated heterocycles. The van der Waals surface area contributed by atoms with Gasteiger partial charge in [-0.1, -0.05) is 11.6 Å². The fourth-order valence-electron chi connectivity index (χ4n) is 0.0882. The van der Waals surface area contributed by atoms with E-state index in [4.69, 9.17) is 33.4 Å². The van der Waals surface area contributed by atoms with Gasteiger partial charge in [0.05, 0.1) is 0 Å². The summed E-state index contributed by atoms with van der Waals surface area (Å²) in [6.45, 7) is 0. The highest BCUT2D eigenvalue weighted by atomic mass is 35.5. The highest BCUT2D eigenvalue weighted by Crippen LogP contribution is 2.09. The quantitative estimate of drug-likeness (QED) is 0.445. The fraction of sp³-hybridized carbons (Fsp3) is 0. The predicted octanol–water partition coefficient (Wildman–Crippen LogP) is 1.28. The largest absolute Gasteiger partial charge is 0.497 e. The normalized spacial score (nSPS) is 12.8. The topological polar surface area (TPSA) is 57.5 Å². The van der Waals surface area contributed by atoms with E-state index in [9.17, 15) is 4.79 Å². The average Bonchev–Trinajstić information content (AvgIpc) is 1.64. The lowest BCUT2D eigenvalue weighted by molar-refractivity contribution is -0.132. The summed E-state index contributed by atoms with van der Waals surface area (Å²) in [5.41, 5.74) is 0. The van der Waals surface area contributed by atoms with Gasteiger partial charge in [0.1, 0.15) is 0 Å². The van der Waals surface area contributed by atoms with Crippen LogP contribution in [0.25, 0.3) is 0 Å². The lowest BCUT2D eigenvalue weighted by Crippen LogP contribution is -1.94. The summed E-state index contributed by atoms with van der Waals surface area (Å²) < 4.78 is 0. The summed E-state index contributed by atoms with van der Waals surface area (Å²) in [6.07, 6.45) is 0. The Hall–Kier alpha value is -0.410. The van der Waals surface area contributed by atoms with Gasteiger partial charge in [-0.3, -0.25) is 0 Å². The van der Waals surface area contributed by atoms with Crippen LogP contribution in [0.4, 0.5) is 0 Å². The van der Waals surface area contributed by atoms with Crippen molar-refractivity contribution >= 4 is 29.2 Å². The van der Waals surface area contributed by atoms with Crippen molar-refractivity contribution in [3.8, 4) is 0 Å². The van der Waals surface area contributed by atoms with Crippen LogP contribution in [-0.2, 0) is 4.79 Å². The minimum atomic E-state index is -1.45. The Balaban J connectivity index is 4.23. The molecular weight excluding hydrogens is 155 g/mol. The van der Waals surface area contributed by atoms with Gasteiger partial charge in [-0.05, 0) is 11.6 Å². The molecule has 46 valence electrons. The average molecular weight is 157 g/mol. The molecule has 2 N–H and O–H groups in total. The Bertz CT molecular complexity index is 135. The lowest BCUT2D eigenvalue weighted by Gasteiger charge is -1.86. The van der Waals surface area contributed by atoms with E-state index in [-0.39, 0.29) is 0 Å². The second kappa shape index (κ2) is 2.79. The molecule has 0 aromatic heterocycles. The molecule has 0 aromatic carbocycles. The zero-order valence-electron chi connectivity index (χ0n) is 3.56. The number of carboxylic acids is 1. The third-order valence-electron chi connectivity index (χ3n) is 0.369. The van der Waals surface area contributed by atoms with E-state index in [1.165, 1.54) is 0 Å². The maximum absolute atomic E-state index is 9.71. The lowest BCUT2D eigenvalue weighted by atomic mass is 10.6. The van der Waals surface area contributed by atoms with Gasteiger partial charge in [0, 0.05) is 0 Å². The van der Waals surface area contributed by atoms with Crippen molar-refractivity contribution in [2.45, 2.75) is 0 Å². The molecule has 0 unspecified atom stereocenters. The molecule has 3 nitrogen and oxygen atoms in total. The molecule has 0 amide bonds. The van der Waals surface area contributed by atoms with Crippen LogP contribution in [0.3, 0.4) is 0 Å². The van der Waals surface area contributed by atoms with E-state index < -0.39 is 16.2 Å². The number of carbonyl (C=O) groups is 1. The van der Waals surface area contributed by atoms with Gasteiger partial charge in [0.2, 0.25) is 5.22 Å². The first kappa shape index (κ1) is 7.59. The first-order chi connectivity index (χ1) is 3.55. The van der Waals surface area contributed by atoms with Crippen molar-refractivity contribution in [1.29, 1.82) is 0 Å². The van der Waals surface area contributed by atoms with Gasteiger partial charge >= 0.3 is 5.97 Å². The zero-order chi connectivity index (χ0) is 6.73. The van der Waals surface area contributed by atoms with Crippen molar-refractivity contribution < 1.29 is 15.0 Å². The van der Waals surface area contributed by atoms with Crippen LogP contribution in [0.5, 0.6) is 0 Å². The van der Waals surface area contributed by atoms with Crippen LogP contribution in [0, 0.1) is 0 Å². The number of aliphatic hydroxyl groups is 1. The second-order valence-corrected chi connectivity index (χ2v) is 1.65. The molecule has 0 aliphatic heterocycles. The number of aliphatic carboxylic acids is 1. The fourth-order valence-corrected chi connectivity index (χ4v) is 0.169. The Labute approximate surface area is 55.1 Å². The van der Waals surface area contributed by atoms with Crippen molar-refractivity contribution in [2.75, 3.05) is 0 Å². The molecule has 0 saturated carbocycles. The maximum Gasteiger partial charge on any atom is 0.352 e. The predicted molar refractivity (Wildman–Crippen MR) is 29.0 cm³/mol. The standard InChI is InChI=1S/C3H2Cl2O3/c4-1(2(5)6)3(7)8/h6H,(H,7,8)/b2-1+. The number of carboxylic acid groups (broad SMARTS) is 1. The minimum absolute atomic E-state index is 0.772. The van der Waals surface area contributed by atoms with E-state index in [2.05, 4.69) is 0 Å². The SMILES string of the molecule is O=C(O)/C(Cl)=C(\O)Cl. The molecular formula is C3H2Cl2O3. The summed E-state index contributed by atoms with van der Waals surface area (Å²) in [5.74, 6) is -1.45. The molecule has 0 atom stereocenters. The molecule has 0 spiro atoms. The second-order valence-electron chi connectivity index (χ2n) is 0.910. The van der Waals surface area contributed by atoms with Crippen molar-refractivity contribution in [2.24, 2.45) is 0 Å².